The molecule has 0 aliphatic rings. The Labute approximate surface area is 104 Å². The second-order valence-electron chi connectivity index (χ2n) is 3.58. The molecule has 0 bridgehead atoms. The highest BCUT2D eigenvalue weighted by molar-refractivity contribution is 7.12. The van der Waals surface area contributed by atoms with Gasteiger partial charge in [-0.3, -0.25) is 4.79 Å². The normalized spacial score (nSPS) is 12.1. The van der Waals surface area contributed by atoms with Crippen LogP contribution in [0, 0.1) is 0 Å². The molecule has 1 rings (SSSR count). The van der Waals surface area contributed by atoms with Crippen molar-refractivity contribution in [3.8, 4) is 0 Å². The third-order valence-electron chi connectivity index (χ3n) is 2.28. The molecular formula is C11H16N2O3S. The zero-order chi connectivity index (χ0) is 12.8. The van der Waals surface area contributed by atoms with Crippen LogP contribution in [0.4, 0.5) is 0 Å². The summed E-state index contributed by atoms with van der Waals surface area (Å²) in [5.74, 6) is -1.01. The van der Waals surface area contributed by atoms with Crippen molar-refractivity contribution in [2.45, 2.75) is 26.4 Å². The third-order valence-corrected chi connectivity index (χ3v) is 3.23. The van der Waals surface area contributed by atoms with Gasteiger partial charge in [0.2, 0.25) is 5.91 Å². The lowest BCUT2D eigenvalue weighted by Crippen LogP contribution is -2.41. The monoisotopic (exact) mass is 256 g/mol. The molecule has 0 aliphatic carbocycles. The Bertz CT molecular complexity index is 403. The summed E-state index contributed by atoms with van der Waals surface area (Å²) in [4.78, 5) is 22.6. The predicted octanol–water partition coefficient (Wildman–Crippen LogP) is 1.06. The van der Waals surface area contributed by atoms with Gasteiger partial charge in [0, 0.05) is 13.1 Å². The number of carboxylic acid groups (broad SMARTS) is 1. The van der Waals surface area contributed by atoms with Crippen LogP contribution < -0.4 is 10.6 Å². The molecular weight excluding hydrogens is 240 g/mol. The third kappa shape index (κ3) is 3.83. The lowest BCUT2D eigenvalue weighted by Gasteiger charge is -2.12. The summed E-state index contributed by atoms with van der Waals surface area (Å²) in [6, 6.07) is 1.42. The van der Waals surface area contributed by atoms with Crippen molar-refractivity contribution in [2.24, 2.45) is 0 Å². The van der Waals surface area contributed by atoms with Crippen LogP contribution in [0.3, 0.4) is 0 Å². The fraction of sp³-hybridized carbons (Fsp3) is 0.455. The smallest absolute Gasteiger partial charge is 0.346 e. The zero-order valence-corrected chi connectivity index (χ0v) is 10.6. The van der Waals surface area contributed by atoms with Gasteiger partial charge in [0.15, 0.2) is 0 Å². The van der Waals surface area contributed by atoms with Gasteiger partial charge in [0.1, 0.15) is 4.88 Å². The van der Waals surface area contributed by atoms with Gasteiger partial charge < -0.3 is 15.7 Å². The quantitative estimate of drug-likeness (QED) is 0.711. The molecule has 6 heteroatoms. The first-order valence-corrected chi connectivity index (χ1v) is 6.25. The van der Waals surface area contributed by atoms with Gasteiger partial charge in [-0.15, -0.1) is 11.3 Å². The maximum Gasteiger partial charge on any atom is 0.346 e. The van der Waals surface area contributed by atoms with Crippen LogP contribution in [0.15, 0.2) is 11.4 Å². The number of hydrogen-bond acceptors (Lipinski definition) is 4. The SMILES string of the molecule is CCNC(=O)C(C)NCc1ccsc1C(=O)O. The largest absolute Gasteiger partial charge is 0.477 e. The van der Waals surface area contributed by atoms with Gasteiger partial charge in [0.05, 0.1) is 6.04 Å². The van der Waals surface area contributed by atoms with Crippen LogP contribution in [0.2, 0.25) is 0 Å². The molecule has 0 saturated heterocycles. The Kier molecular flexibility index (Phi) is 5.11. The number of hydrogen-bond donors (Lipinski definition) is 3. The molecule has 1 heterocycles. The van der Waals surface area contributed by atoms with Gasteiger partial charge in [-0.1, -0.05) is 0 Å². The molecule has 0 radical (unpaired) electrons. The van der Waals surface area contributed by atoms with Crippen LogP contribution in [0.25, 0.3) is 0 Å². The minimum atomic E-state index is -0.928. The van der Waals surface area contributed by atoms with Gasteiger partial charge in [-0.2, -0.15) is 0 Å². The number of aromatic carboxylic acids is 1. The van der Waals surface area contributed by atoms with Crippen molar-refractivity contribution >= 4 is 23.2 Å². The fourth-order valence-corrected chi connectivity index (χ4v) is 2.11. The summed E-state index contributed by atoms with van der Waals surface area (Å²) in [6.45, 7) is 4.57. The van der Waals surface area contributed by atoms with E-state index in [0.717, 1.165) is 0 Å². The predicted molar refractivity (Wildman–Crippen MR) is 66.3 cm³/mol. The molecule has 94 valence electrons. The number of nitrogens with one attached hydrogen (secondary N) is 2. The molecule has 1 aromatic rings. The van der Waals surface area contributed by atoms with Crippen LogP contribution in [-0.2, 0) is 11.3 Å². The topological polar surface area (TPSA) is 78.4 Å². The number of amides is 1. The molecule has 0 spiro atoms. The van der Waals surface area contributed by atoms with Gasteiger partial charge in [0.25, 0.3) is 0 Å². The van der Waals surface area contributed by atoms with Crippen molar-refractivity contribution in [3.05, 3.63) is 21.9 Å². The molecule has 17 heavy (non-hydrogen) atoms. The van der Waals surface area contributed by atoms with Crippen LogP contribution in [0.5, 0.6) is 0 Å². The zero-order valence-electron chi connectivity index (χ0n) is 9.82. The first-order chi connectivity index (χ1) is 8.06. The summed E-state index contributed by atoms with van der Waals surface area (Å²) in [7, 11) is 0. The number of carbonyl (C=O) groups is 2. The highest BCUT2D eigenvalue weighted by Crippen LogP contribution is 2.16. The van der Waals surface area contributed by atoms with E-state index in [-0.39, 0.29) is 11.9 Å². The van der Waals surface area contributed by atoms with Crippen molar-refractivity contribution in [3.63, 3.8) is 0 Å². The summed E-state index contributed by atoms with van der Waals surface area (Å²) in [5, 5.41) is 16.3. The minimum absolute atomic E-state index is 0.0837. The van der Waals surface area contributed by atoms with Crippen molar-refractivity contribution in [1.29, 1.82) is 0 Å². The minimum Gasteiger partial charge on any atom is -0.477 e. The summed E-state index contributed by atoms with van der Waals surface area (Å²) in [5.41, 5.74) is 0.707. The summed E-state index contributed by atoms with van der Waals surface area (Å²) >= 11 is 1.19. The van der Waals surface area contributed by atoms with E-state index in [1.54, 1.807) is 18.4 Å². The van der Waals surface area contributed by atoms with E-state index < -0.39 is 5.97 Å². The Balaban J connectivity index is 2.52. The first kappa shape index (κ1) is 13.7. The van der Waals surface area contributed by atoms with Crippen molar-refractivity contribution in [1.82, 2.24) is 10.6 Å². The van der Waals surface area contributed by atoms with E-state index in [4.69, 9.17) is 5.11 Å². The Morgan fingerprint density at radius 2 is 2.24 bits per heavy atom. The van der Waals surface area contributed by atoms with Gasteiger partial charge in [-0.25, -0.2) is 4.79 Å². The molecule has 1 amide bonds. The number of likely N-dealkylation sites (N-methyl/N-ethyl adjacent to an activating group) is 1. The number of thiophene rings is 1. The first-order valence-electron chi connectivity index (χ1n) is 5.37. The Morgan fingerprint density at radius 3 is 2.82 bits per heavy atom. The second-order valence-corrected chi connectivity index (χ2v) is 4.49. The molecule has 0 saturated carbocycles. The molecule has 3 N–H and O–H groups in total. The van der Waals surface area contributed by atoms with Crippen LogP contribution in [0.1, 0.15) is 29.1 Å². The summed E-state index contributed by atoms with van der Waals surface area (Å²) < 4.78 is 0. The highest BCUT2D eigenvalue weighted by atomic mass is 32.1. The van der Waals surface area contributed by atoms with E-state index in [0.29, 0.717) is 23.5 Å². The number of carboxylic acids is 1. The fourth-order valence-electron chi connectivity index (χ4n) is 1.35. The molecule has 1 unspecified atom stereocenters. The molecule has 0 aliphatic heterocycles. The van der Waals surface area contributed by atoms with Crippen LogP contribution in [-0.4, -0.2) is 29.6 Å². The molecule has 0 fully saturated rings. The highest BCUT2D eigenvalue weighted by Gasteiger charge is 2.14. The number of rotatable bonds is 6. The Morgan fingerprint density at radius 1 is 1.53 bits per heavy atom. The van der Waals surface area contributed by atoms with Crippen molar-refractivity contribution < 1.29 is 14.7 Å². The van der Waals surface area contributed by atoms with Gasteiger partial charge >= 0.3 is 5.97 Å². The standard InChI is InChI=1S/C11H16N2O3S/c1-3-12-10(14)7(2)13-6-8-4-5-17-9(8)11(15)16/h4-5,7,13H,3,6H2,1-2H3,(H,12,14)(H,15,16). The molecule has 0 aromatic carbocycles. The maximum atomic E-state index is 11.4. The number of carbonyl (C=O) groups excluding carboxylic acids is 1. The average molecular weight is 256 g/mol. The summed E-state index contributed by atoms with van der Waals surface area (Å²) in [6.07, 6.45) is 0. The maximum absolute atomic E-state index is 11.4. The molecule has 1 atom stereocenters. The molecule has 5 nitrogen and oxygen atoms in total. The van der Waals surface area contributed by atoms with E-state index >= 15 is 0 Å². The van der Waals surface area contributed by atoms with E-state index in [1.165, 1.54) is 11.3 Å². The molecule has 1 aromatic heterocycles. The van der Waals surface area contributed by atoms with E-state index in [1.807, 2.05) is 6.92 Å². The second kappa shape index (κ2) is 6.36. The lowest BCUT2D eigenvalue weighted by molar-refractivity contribution is -0.122. The van der Waals surface area contributed by atoms with E-state index in [9.17, 15) is 9.59 Å². The van der Waals surface area contributed by atoms with Crippen molar-refractivity contribution in [2.75, 3.05) is 6.54 Å². The Hall–Kier alpha value is -1.40. The van der Waals surface area contributed by atoms with Crippen LogP contribution >= 0.6 is 11.3 Å². The van der Waals surface area contributed by atoms with Gasteiger partial charge in [-0.05, 0) is 30.9 Å². The lowest BCUT2D eigenvalue weighted by atomic mass is 10.2. The van der Waals surface area contributed by atoms with E-state index in [2.05, 4.69) is 10.6 Å². The average Bonchev–Trinajstić information content (AvgIpc) is 2.74.